The highest BCUT2D eigenvalue weighted by molar-refractivity contribution is 5.94. The molecular weight excluding hydrogens is 410 g/mol. The number of hydrogen-bond acceptors (Lipinski definition) is 4. The Morgan fingerprint density at radius 3 is 2.38 bits per heavy atom. The van der Waals surface area contributed by atoms with Gasteiger partial charge in [-0.05, 0) is 48.1 Å². The molecule has 32 heavy (non-hydrogen) atoms. The lowest BCUT2D eigenvalue weighted by Gasteiger charge is -2.14. The van der Waals surface area contributed by atoms with Crippen molar-refractivity contribution in [1.29, 1.82) is 0 Å². The van der Waals surface area contributed by atoms with E-state index in [2.05, 4.69) is 32.8 Å². The van der Waals surface area contributed by atoms with Gasteiger partial charge in [0, 0.05) is 36.0 Å². The van der Waals surface area contributed by atoms with E-state index in [-0.39, 0.29) is 18.9 Å². The van der Waals surface area contributed by atoms with Crippen LogP contribution in [0.2, 0.25) is 0 Å². The van der Waals surface area contributed by atoms with Gasteiger partial charge in [0.15, 0.2) is 0 Å². The van der Waals surface area contributed by atoms with Crippen molar-refractivity contribution in [2.45, 2.75) is 44.7 Å². The summed E-state index contributed by atoms with van der Waals surface area (Å²) in [6, 6.07) is 16.0. The normalized spacial score (nSPS) is 11.1. The van der Waals surface area contributed by atoms with Gasteiger partial charge >= 0.3 is 5.97 Å². The number of hydrogen-bond donors (Lipinski definition) is 3. The first-order chi connectivity index (χ1) is 15.5. The molecule has 2 aromatic rings. The molecule has 0 aromatic heterocycles. The van der Waals surface area contributed by atoms with E-state index in [0.717, 1.165) is 24.8 Å². The van der Waals surface area contributed by atoms with Gasteiger partial charge in [-0.25, -0.2) is 0 Å². The fourth-order valence-electron chi connectivity index (χ4n) is 3.10. The van der Waals surface area contributed by atoms with Crippen molar-refractivity contribution >= 4 is 17.8 Å². The smallest absolute Gasteiger partial charge is 0.305 e. The van der Waals surface area contributed by atoms with Crippen molar-refractivity contribution in [3.8, 4) is 0 Å². The van der Waals surface area contributed by atoms with Gasteiger partial charge in [0.1, 0.15) is 0 Å². The number of unbranched alkanes of at least 4 members (excludes halogenated alkanes) is 1. The average molecular weight is 438 g/mol. The minimum absolute atomic E-state index is 0.0190. The molecule has 9 nitrogen and oxygen atoms in total. The quantitative estimate of drug-likeness (QED) is 0.190. The Bertz CT molecular complexity index is 937. The summed E-state index contributed by atoms with van der Waals surface area (Å²) >= 11 is 0. The molecule has 2 aromatic carbocycles. The molecule has 0 aliphatic heterocycles. The third-order valence-electron chi connectivity index (χ3n) is 4.79. The molecule has 0 spiro atoms. The number of aliphatic carboxylic acids is 1. The minimum atomic E-state index is -1.10. The number of benzene rings is 2. The van der Waals surface area contributed by atoms with E-state index in [4.69, 9.17) is 10.6 Å². The lowest BCUT2D eigenvalue weighted by molar-refractivity contribution is -0.137. The molecule has 168 valence electrons. The zero-order valence-electron chi connectivity index (χ0n) is 17.7. The van der Waals surface area contributed by atoms with Crippen LogP contribution >= 0.6 is 0 Å². The summed E-state index contributed by atoms with van der Waals surface area (Å²) in [6.07, 6.45) is 2.83. The number of rotatable bonds is 13. The average Bonchev–Trinajstić information content (AvgIpc) is 2.79. The first-order valence-corrected chi connectivity index (χ1v) is 10.4. The number of carbonyl (C=O) groups excluding carboxylic acids is 2. The van der Waals surface area contributed by atoms with E-state index >= 15 is 0 Å². The lowest BCUT2D eigenvalue weighted by atomic mass is 10.1. The number of azide groups is 1. The molecular formula is C23H27N5O4. The molecule has 0 aliphatic rings. The predicted molar refractivity (Wildman–Crippen MR) is 120 cm³/mol. The molecule has 2 amide bonds. The molecule has 0 saturated heterocycles. The standard InChI is InChI=1S/C23H27N5O4/c24-28-26-16-20(14-22(30)31)27-23(32)19-12-10-18(11-13-19)15-25-21(29)9-5-4-8-17-6-2-1-3-7-17/h1-3,6-7,10-13,20H,4-5,8-9,14-16H2,(H,25,29)(H,27,32)(H,30,31)/t20-/m0/s1. The van der Waals surface area contributed by atoms with E-state index < -0.39 is 17.9 Å². The number of nitrogens with one attached hydrogen (secondary N) is 2. The maximum atomic E-state index is 12.3. The van der Waals surface area contributed by atoms with Gasteiger partial charge in [-0.15, -0.1) is 0 Å². The number of carbonyl (C=O) groups is 3. The van der Waals surface area contributed by atoms with Gasteiger partial charge in [-0.1, -0.05) is 47.6 Å². The van der Waals surface area contributed by atoms with E-state index in [0.29, 0.717) is 18.5 Å². The van der Waals surface area contributed by atoms with Crippen LogP contribution < -0.4 is 10.6 Å². The molecule has 9 heteroatoms. The van der Waals surface area contributed by atoms with Gasteiger partial charge < -0.3 is 15.7 Å². The van der Waals surface area contributed by atoms with E-state index in [9.17, 15) is 14.4 Å². The molecule has 0 heterocycles. The van der Waals surface area contributed by atoms with Crippen LogP contribution in [0.5, 0.6) is 0 Å². The van der Waals surface area contributed by atoms with E-state index in [1.807, 2.05) is 18.2 Å². The minimum Gasteiger partial charge on any atom is -0.481 e. The monoisotopic (exact) mass is 437 g/mol. The van der Waals surface area contributed by atoms with Crippen molar-refractivity contribution in [3.05, 3.63) is 81.7 Å². The Morgan fingerprint density at radius 2 is 1.72 bits per heavy atom. The predicted octanol–water partition coefficient (Wildman–Crippen LogP) is 3.60. The zero-order valence-corrected chi connectivity index (χ0v) is 17.7. The highest BCUT2D eigenvalue weighted by atomic mass is 16.4. The van der Waals surface area contributed by atoms with Crippen molar-refractivity contribution in [2.24, 2.45) is 5.11 Å². The van der Waals surface area contributed by atoms with Crippen molar-refractivity contribution in [2.75, 3.05) is 6.54 Å². The fourth-order valence-corrected chi connectivity index (χ4v) is 3.10. The number of aryl methyl sites for hydroxylation is 1. The zero-order chi connectivity index (χ0) is 23.2. The van der Waals surface area contributed by atoms with Gasteiger partial charge in [-0.3, -0.25) is 14.4 Å². The van der Waals surface area contributed by atoms with Crippen LogP contribution in [0.25, 0.3) is 10.4 Å². The van der Waals surface area contributed by atoms with Crippen LogP contribution in [0.1, 0.15) is 47.2 Å². The molecule has 0 radical (unpaired) electrons. The lowest BCUT2D eigenvalue weighted by Crippen LogP contribution is -2.38. The molecule has 3 N–H and O–H groups in total. The third kappa shape index (κ3) is 9.32. The fraction of sp³-hybridized carbons (Fsp3) is 0.348. The first-order valence-electron chi connectivity index (χ1n) is 10.4. The highest BCUT2D eigenvalue weighted by Gasteiger charge is 2.16. The second kappa shape index (κ2) is 13.5. The number of carboxylic acids is 1. The van der Waals surface area contributed by atoms with Crippen LogP contribution in [0, 0.1) is 0 Å². The number of nitrogens with zero attached hydrogens (tertiary/aromatic N) is 3. The molecule has 1 atom stereocenters. The Hall–Kier alpha value is -3.84. The second-order valence-electron chi connectivity index (χ2n) is 7.35. The first kappa shape index (κ1) is 24.4. The van der Waals surface area contributed by atoms with Gasteiger partial charge in [0.2, 0.25) is 5.91 Å². The molecule has 0 saturated carbocycles. The SMILES string of the molecule is [N-]=[N+]=NC[C@H](CC(=O)O)NC(=O)c1ccc(CNC(=O)CCCCc2ccccc2)cc1. The molecule has 0 bridgehead atoms. The Morgan fingerprint density at radius 1 is 1.00 bits per heavy atom. The molecule has 0 aliphatic carbocycles. The summed E-state index contributed by atoms with van der Waals surface area (Å²) in [6.45, 7) is 0.210. The third-order valence-corrected chi connectivity index (χ3v) is 4.79. The van der Waals surface area contributed by atoms with Gasteiger partial charge in [0.05, 0.1) is 6.42 Å². The number of amides is 2. The Kier molecular flexibility index (Phi) is 10.3. The van der Waals surface area contributed by atoms with Crippen molar-refractivity contribution < 1.29 is 19.5 Å². The maximum Gasteiger partial charge on any atom is 0.305 e. The summed E-state index contributed by atoms with van der Waals surface area (Å²) in [5, 5.41) is 17.7. The Labute approximate surface area is 186 Å². The summed E-state index contributed by atoms with van der Waals surface area (Å²) in [4.78, 5) is 37.8. The molecule has 0 unspecified atom stereocenters. The van der Waals surface area contributed by atoms with Crippen molar-refractivity contribution in [1.82, 2.24) is 10.6 Å². The number of carboxylic acid groups (broad SMARTS) is 1. The summed E-state index contributed by atoms with van der Waals surface area (Å²) in [5.74, 6) is -1.58. The molecule has 0 fully saturated rings. The summed E-state index contributed by atoms with van der Waals surface area (Å²) in [7, 11) is 0. The second-order valence-corrected chi connectivity index (χ2v) is 7.35. The van der Waals surface area contributed by atoms with Crippen LogP contribution in [-0.2, 0) is 22.6 Å². The highest BCUT2D eigenvalue weighted by Crippen LogP contribution is 2.08. The maximum absolute atomic E-state index is 12.3. The summed E-state index contributed by atoms with van der Waals surface area (Å²) < 4.78 is 0. The molecule has 2 rings (SSSR count). The van der Waals surface area contributed by atoms with Crippen LogP contribution in [0.15, 0.2) is 59.7 Å². The van der Waals surface area contributed by atoms with Gasteiger partial charge in [0.25, 0.3) is 5.91 Å². The largest absolute Gasteiger partial charge is 0.481 e. The Balaban J connectivity index is 1.74. The van der Waals surface area contributed by atoms with Crippen LogP contribution in [-0.4, -0.2) is 35.5 Å². The summed E-state index contributed by atoms with van der Waals surface area (Å²) in [5.41, 5.74) is 10.9. The van der Waals surface area contributed by atoms with Crippen LogP contribution in [0.4, 0.5) is 0 Å². The topological polar surface area (TPSA) is 144 Å². The van der Waals surface area contributed by atoms with Gasteiger partial charge in [-0.2, -0.15) is 0 Å². The van der Waals surface area contributed by atoms with E-state index in [1.165, 1.54) is 5.56 Å². The van der Waals surface area contributed by atoms with Crippen molar-refractivity contribution in [3.63, 3.8) is 0 Å². The van der Waals surface area contributed by atoms with E-state index in [1.54, 1.807) is 24.3 Å². The van der Waals surface area contributed by atoms with Crippen LogP contribution in [0.3, 0.4) is 0 Å².